The third-order valence-electron chi connectivity index (χ3n) is 3.59. The van der Waals surface area contributed by atoms with E-state index in [9.17, 15) is 4.79 Å². The van der Waals surface area contributed by atoms with Gasteiger partial charge in [0.05, 0.1) is 18.4 Å². The van der Waals surface area contributed by atoms with Crippen LogP contribution in [0.4, 0.5) is 5.69 Å². The molecule has 1 N–H and O–H groups in total. The Morgan fingerprint density at radius 3 is 2.60 bits per heavy atom. The number of carbonyl (C=O) groups is 1. The first-order chi connectivity index (χ1) is 12.3. The number of benzene rings is 2. The summed E-state index contributed by atoms with van der Waals surface area (Å²) in [7, 11) is 1.58. The van der Waals surface area contributed by atoms with Crippen LogP contribution in [0.3, 0.4) is 0 Å². The monoisotopic (exact) mass is 350 g/mol. The van der Waals surface area contributed by atoms with Crippen LogP contribution in [0.5, 0.6) is 5.75 Å². The minimum atomic E-state index is -0.201. The largest absolute Gasteiger partial charge is 0.495 e. The zero-order valence-corrected chi connectivity index (χ0v) is 14.6. The maximum absolute atomic E-state index is 12.7. The lowest BCUT2D eigenvalue weighted by atomic mass is 10.2. The fourth-order valence-electron chi connectivity index (χ4n) is 2.34. The van der Waals surface area contributed by atoms with Gasteiger partial charge in [-0.2, -0.15) is 0 Å². The van der Waals surface area contributed by atoms with E-state index in [1.54, 1.807) is 37.2 Å². The first-order valence-electron chi connectivity index (χ1n) is 7.84. The van der Waals surface area contributed by atoms with E-state index in [1.807, 2.05) is 42.5 Å². The van der Waals surface area contributed by atoms with Crippen molar-refractivity contribution < 1.29 is 9.53 Å². The van der Waals surface area contributed by atoms with Crippen molar-refractivity contribution in [2.75, 3.05) is 12.4 Å². The Balaban J connectivity index is 1.76. The quantitative estimate of drug-likeness (QED) is 0.658. The number of pyridine rings is 1. The first kappa shape index (κ1) is 17.0. The predicted molar refractivity (Wildman–Crippen MR) is 101 cm³/mol. The number of hydrogen-bond acceptors (Lipinski definition) is 4. The van der Waals surface area contributed by atoms with E-state index in [0.29, 0.717) is 22.0 Å². The van der Waals surface area contributed by atoms with Crippen molar-refractivity contribution in [2.24, 2.45) is 0 Å². The SMILES string of the molecule is COc1ccccc1NC(=O)c1cccnc1SCc1ccccc1. The summed E-state index contributed by atoms with van der Waals surface area (Å²) >= 11 is 1.55. The number of anilines is 1. The summed E-state index contributed by atoms with van der Waals surface area (Å²) in [5, 5.41) is 3.61. The molecular formula is C20H18N2O2S. The summed E-state index contributed by atoms with van der Waals surface area (Å²) in [6.07, 6.45) is 1.70. The number of methoxy groups -OCH3 is 1. The van der Waals surface area contributed by atoms with Crippen molar-refractivity contribution in [3.63, 3.8) is 0 Å². The topological polar surface area (TPSA) is 51.2 Å². The molecule has 0 atom stereocenters. The lowest BCUT2D eigenvalue weighted by Gasteiger charge is -2.11. The van der Waals surface area contributed by atoms with Crippen molar-refractivity contribution in [3.05, 3.63) is 84.1 Å². The second-order valence-corrected chi connectivity index (χ2v) is 6.25. The van der Waals surface area contributed by atoms with E-state index in [4.69, 9.17) is 4.74 Å². The second kappa shape index (κ2) is 8.35. The fourth-order valence-corrected chi connectivity index (χ4v) is 3.29. The Morgan fingerprint density at radius 1 is 1.04 bits per heavy atom. The molecule has 0 spiro atoms. The van der Waals surface area contributed by atoms with Gasteiger partial charge in [-0.05, 0) is 29.8 Å². The summed E-state index contributed by atoms with van der Waals surface area (Å²) in [6.45, 7) is 0. The molecule has 1 amide bonds. The highest BCUT2D eigenvalue weighted by Gasteiger charge is 2.14. The van der Waals surface area contributed by atoms with E-state index in [0.717, 1.165) is 5.75 Å². The molecule has 0 saturated heterocycles. The number of rotatable bonds is 6. The Morgan fingerprint density at radius 2 is 1.80 bits per heavy atom. The van der Waals surface area contributed by atoms with Gasteiger partial charge in [-0.15, -0.1) is 11.8 Å². The fraction of sp³-hybridized carbons (Fsp3) is 0.100. The van der Waals surface area contributed by atoms with Gasteiger partial charge in [0.2, 0.25) is 0 Å². The highest BCUT2D eigenvalue weighted by atomic mass is 32.2. The van der Waals surface area contributed by atoms with Crippen LogP contribution < -0.4 is 10.1 Å². The van der Waals surface area contributed by atoms with Crippen LogP contribution >= 0.6 is 11.8 Å². The standard InChI is InChI=1S/C20H18N2O2S/c1-24-18-12-6-5-11-17(18)22-19(23)16-10-7-13-21-20(16)25-14-15-8-3-2-4-9-15/h2-13H,14H2,1H3,(H,22,23). The van der Waals surface area contributed by atoms with Gasteiger partial charge in [0.15, 0.2) is 0 Å². The Bertz CT molecular complexity index is 853. The second-order valence-electron chi connectivity index (χ2n) is 5.28. The number of nitrogens with zero attached hydrogens (tertiary/aromatic N) is 1. The number of thioether (sulfide) groups is 1. The molecule has 3 aromatic rings. The number of hydrogen-bond donors (Lipinski definition) is 1. The summed E-state index contributed by atoms with van der Waals surface area (Å²) in [5.41, 5.74) is 2.38. The van der Waals surface area contributed by atoms with Gasteiger partial charge in [0, 0.05) is 11.9 Å². The highest BCUT2D eigenvalue weighted by Crippen LogP contribution is 2.27. The Hall–Kier alpha value is -2.79. The van der Waals surface area contributed by atoms with Crippen molar-refractivity contribution in [1.82, 2.24) is 4.98 Å². The first-order valence-corrected chi connectivity index (χ1v) is 8.82. The van der Waals surface area contributed by atoms with Gasteiger partial charge >= 0.3 is 0 Å². The molecule has 4 nitrogen and oxygen atoms in total. The van der Waals surface area contributed by atoms with Crippen LogP contribution in [-0.4, -0.2) is 18.0 Å². The zero-order chi connectivity index (χ0) is 17.5. The third-order valence-corrected chi connectivity index (χ3v) is 4.67. The number of para-hydroxylation sites is 2. The molecule has 1 heterocycles. The number of nitrogens with one attached hydrogen (secondary N) is 1. The van der Waals surface area contributed by atoms with Crippen LogP contribution in [0.2, 0.25) is 0 Å². The molecule has 0 unspecified atom stereocenters. The van der Waals surface area contributed by atoms with Gasteiger partial charge in [-0.25, -0.2) is 4.98 Å². The van der Waals surface area contributed by atoms with Gasteiger partial charge in [0.1, 0.15) is 10.8 Å². The normalized spacial score (nSPS) is 10.3. The van der Waals surface area contributed by atoms with Crippen molar-refractivity contribution in [2.45, 2.75) is 10.8 Å². The summed E-state index contributed by atoms with van der Waals surface area (Å²) < 4.78 is 5.28. The number of aromatic nitrogens is 1. The van der Waals surface area contributed by atoms with E-state index in [-0.39, 0.29) is 5.91 Å². The number of amides is 1. The number of ether oxygens (including phenoxy) is 1. The third kappa shape index (κ3) is 4.39. The van der Waals surface area contributed by atoms with Crippen LogP contribution in [0, 0.1) is 0 Å². The maximum Gasteiger partial charge on any atom is 0.258 e. The zero-order valence-electron chi connectivity index (χ0n) is 13.8. The molecule has 25 heavy (non-hydrogen) atoms. The van der Waals surface area contributed by atoms with Gasteiger partial charge < -0.3 is 10.1 Å². The van der Waals surface area contributed by atoms with Crippen molar-refractivity contribution in [1.29, 1.82) is 0 Å². The smallest absolute Gasteiger partial charge is 0.258 e. The van der Waals surface area contributed by atoms with E-state index in [1.165, 1.54) is 5.56 Å². The predicted octanol–water partition coefficient (Wildman–Crippen LogP) is 4.63. The molecule has 0 saturated carbocycles. The summed E-state index contributed by atoms with van der Waals surface area (Å²) in [5.74, 6) is 1.18. The molecule has 5 heteroatoms. The van der Waals surface area contributed by atoms with Crippen molar-refractivity contribution >= 4 is 23.4 Å². The van der Waals surface area contributed by atoms with Gasteiger partial charge in [-0.1, -0.05) is 42.5 Å². The lowest BCUT2D eigenvalue weighted by Crippen LogP contribution is -2.14. The molecule has 0 aliphatic carbocycles. The Labute approximate surface area is 151 Å². The molecule has 126 valence electrons. The van der Waals surface area contributed by atoms with Crippen molar-refractivity contribution in [3.8, 4) is 5.75 Å². The summed E-state index contributed by atoms with van der Waals surface area (Å²) in [4.78, 5) is 17.1. The number of carbonyl (C=O) groups excluding carboxylic acids is 1. The minimum absolute atomic E-state index is 0.201. The van der Waals surface area contributed by atoms with E-state index >= 15 is 0 Å². The minimum Gasteiger partial charge on any atom is -0.495 e. The molecule has 0 fully saturated rings. The molecule has 0 bridgehead atoms. The van der Waals surface area contributed by atoms with E-state index in [2.05, 4.69) is 22.4 Å². The van der Waals surface area contributed by atoms with E-state index < -0.39 is 0 Å². The van der Waals surface area contributed by atoms with Gasteiger partial charge in [0.25, 0.3) is 5.91 Å². The summed E-state index contributed by atoms with van der Waals surface area (Å²) in [6, 6.07) is 21.0. The molecule has 3 rings (SSSR count). The maximum atomic E-state index is 12.7. The molecule has 0 radical (unpaired) electrons. The molecule has 0 aliphatic heterocycles. The average molecular weight is 350 g/mol. The Kier molecular flexibility index (Phi) is 5.69. The van der Waals surface area contributed by atoms with Crippen LogP contribution in [-0.2, 0) is 5.75 Å². The average Bonchev–Trinajstić information content (AvgIpc) is 2.68. The lowest BCUT2D eigenvalue weighted by molar-refractivity contribution is 0.102. The molecule has 0 aliphatic rings. The van der Waals surface area contributed by atoms with Crippen LogP contribution in [0.25, 0.3) is 0 Å². The van der Waals surface area contributed by atoms with Crippen LogP contribution in [0.1, 0.15) is 15.9 Å². The molecular weight excluding hydrogens is 332 g/mol. The van der Waals surface area contributed by atoms with Gasteiger partial charge in [-0.3, -0.25) is 4.79 Å². The van der Waals surface area contributed by atoms with Crippen LogP contribution in [0.15, 0.2) is 78.0 Å². The molecule has 2 aromatic carbocycles. The molecule has 1 aromatic heterocycles. The highest BCUT2D eigenvalue weighted by molar-refractivity contribution is 7.98.